The molecule has 1 aliphatic carbocycles. The highest BCUT2D eigenvalue weighted by Crippen LogP contribution is 2.21. The Balaban J connectivity index is 1.74. The molecule has 1 unspecified atom stereocenters. The number of allylic oxidation sites excluding steroid dienone is 1. The van der Waals surface area contributed by atoms with Crippen LogP contribution in [0.1, 0.15) is 32.1 Å². The lowest BCUT2D eigenvalue weighted by Crippen LogP contribution is -2.47. The number of carboxylic acid groups (broad SMARTS) is 1. The maximum atomic E-state index is 11.9. The molecule has 0 spiro atoms. The van der Waals surface area contributed by atoms with E-state index in [2.05, 4.69) is 11.4 Å². The summed E-state index contributed by atoms with van der Waals surface area (Å²) in [6.07, 6.45) is 7.93. The summed E-state index contributed by atoms with van der Waals surface area (Å²) in [6, 6.07) is -0.937. The number of carbonyl (C=O) groups is 2. The number of nitrogens with zero attached hydrogens (tertiary/aromatic N) is 1. The monoisotopic (exact) mass is 284 g/mol. The molecule has 0 aromatic heterocycles. The average Bonchev–Trinajstić information content (AvgIpc) is 2.89. The molecule has 0 radical (unpaired) electrons. The highest BCUT2D eigenvalue weighted by molar-refractivity contribution is 7.99. The summed E-state index contributed by atoms with van der Waals surface area (Å²) in [6.45, 7) is 0.595. The van der Waals surface area contributed by atoms with Crippen LogP contribution in [0.25, 0.3) is 0 Å². The van der Waals surface area contributed by atoms with Crippen LogP contribution in [0.4, 0.5) is 4.79 Å². The second kappa shape index (κ2) is 6.84. The van der Waals surface area contributed by atoms with Crippen LogP contribution in [0.15, 0.2) is 11.6 Å². The topological polar surface area (TPSA) is 69.6 Å². The number of hydrogen-bond acceptors (Lipinski definition) is 3. The van der Waals surface area contributed by atoms with Crippen molar-refractivity contribution < 1.29 is 14.7 Å². The number of carbonyl (C=O) groups excluding carboxylic acids is 1. The van der Waals surface area contributed by atoms with E-state index in [0.29, 0.717) is 18.2 Å². The first kappa shape index (κ1) is 14.2. The van der Waals surface area contributed by atoms with Crippen LogP contribution < -0.4 is 5.32 Å². The molecule has 1 heterocycles. The molecule has 19 heavy (non-hydrogen) atoms. The van der Waals surface area contributed by atoms with E-state index in [-0.39, 0.29) is 6.03 Å². The summed E-state index contributed by atoms with van der Waals surface area (Å²) in [5.74, 6) is 0.0227. The van der Waals surface area contributed by atoms with Gasteiger partial charge in [0.2, 0.25) is 0 Å². The van der Waals surface area contributed by atoms with Crippen molar-refractivity contribution in [1.82, 2.24) is 10.2 Å². The Morgan fingerprint density at radius 2 is 2.32 bits per heavy atom. The fourth-order valence-electron chi connectivity index (χ4n) is 2.41. The third-order valence-electron chi connectivity index (χ3n) is 3.54. The van der Waals surface area contributed by atoms with Gasteiger partial charge in [0.1, 0.15) is 6.04 Å². The van der Waals surface area contributed by atoms with Crippen LogP contribution >= 0.6 is 11.8 Å². The van der Waals surface area contributed by atoms with Crippen molar-refractivity contribution in [2.45, 2.75) is 38.1 Å². The maximum absolute atomic E-state index is 11.9. The third kappa shape index (κ3) is 3.89. The molecule has 0 bridgehead atoms. The molecule has 2 aliphatic rings. The summed E-state index contributed by atoms with van der Waals surface area (Å²) in [5.41, 5.74) is 1.41. The van der Waals surface area contributed by atoms with Crippen molar-refractivity contribution in [3.63, 3.8) is 0 Å². The highest BCUT2D eigenvalue weighted by Gasteiger charge is 2.34. The summed E-state index contributed by atoms with van der Waals surface area (Å²) in [5, 5.41) is 11.8. The van der Waals surface area contributed by atoms with Crippen molar-refractivity contribution in [3.05, 3.63) is 11.6 Å². The van der Waals surface area contributed by atoms with Crippen molar-refractivity contribution >= 4 is 23.8 Å². The zero-order valence-electron chi connectivity index (χ0n) is 10.9. The molecule has 2 N–H and O–H groups in total. The Morgan fingerprint density at radius 1 is 1.47 bits per heavy atom. The van der Waals surface area contributed by atoms with E-state index in [1.165, 1.54) is 35.1 Å². The number of aliphatic carboxylic acids is 1. The van der Waals surface area contributed by atoms with E-state index in [0.717, 1.165) is 19.3 Å². The Kier molecular flexibility index (Phi) is 5.13. The van der Waals surface area contributed by atoms with Gasteiger partial charge >= 0.3 is 12.0 Å². The predicted octanol–water partition coefficient (Wildman–Crippen LogP) is 2.05. The summed E-state index contributed by atoms with van der Waals surface area (Å²) in [4.78, 5) is 24.3. The first-order valence-electron chi connectivity index (χ1n) is 6.71. The molecule has 0 saturated carbocycles. The molecule has 1 saturated heterocycles. The Morgan fingerprint density at radius 3 is 3.00 bits per heavy atom. The van der Waals surface area contributed by atoms with E-state index in [9.17, 15) is 9.59 Å². The van der Waals surface area contributed by atoms with E-state index in [1.54, 1.807) is 0 Å². The van der Waals surface area contributed by atoms with Gasteiger partial charge in [-0.15, -0.1) is 11.8 Å². The average molecular weight is 284 g/mol. The standard InChI is InChI=1S/C13H20N2O3S/c16-12(17)11-8-19-9-15(11)13(18)14-7-6-10-4-2-1-3-5-10/h4,11H,1-3,5-9H2,(H,14,18)(H,16,17). The van der Waals surface area contributed by atoms with Crippen molar-refractivity contribution in [2.24, 2.45) is 0 Å². The Hall–Kier alpha value is -1.17. The second-order valence-electron chi connectivity index (χ2n) is 4.91. The number of carboxylic acids is 1. The number of thioether (sulfide) groups is 1. The van der Waals surface area contributed by atoms with Gasteiger partial charge in [-0.3, -0.25) is 0 Å². The molecule has 0 aromatic rings. The van der Waals surface area contributed by atoms with Gasteiger partial charge in [0, 0.05) is 12.3 Å². The number of hydrogen-bond donors (Lipinski definition) is 2. The zero-order chi connectivity index (χ0) is 13.7. The summed E-state index contributed by atoms with van der Waals surface area (Å²) < 4.78 is 0. The first-order chi connectivity index (χ1) is 9.18. The second-order valence-corrected chi connectivity index (χ2v) is 5.91. The summed E-state index contributed by atoms with van der Waals surface area (Å²) >= 11 is 1.48. The fraction of sp³-hybridized carbons (Fsp3) is 0.692. The van der Waals surface area contributed by atoms with Crippen molar-refractivity contribution in [2.75, 3.05) is 18.2 Å². The molecule has 0 aromatic carbocycles. The van der Waals surface area contributed by atoms with Crippen LogP contribution in [0.5, 0.6) is 0 Å². The van der Waals surface area contributed by atoms with Crippen LogP contribution in [-0.2, 0) is 4.79 Å². The lowest BCUT2D eigenvalue weighted by molar-refractivity contribution is -0.140. The lowest BCUT2D eigenvalue weighted by atomic mass is 9.97. The number of nitrogens with one attached hydrogen (secondary N) is 1. The van der Waals surface area contributed by atoms with Crippen LogP contribution in [0, 0.1) is 0 Å². The normalized spacial score (nSPS) is 23.1. The SMILES string of the molecule is O=C(O)C1CSCN1C(=O)NCCC1=CCCCC1. The third-order valence-corrected chi connectivity index (χ3v) is 4.55. The maximum Gasteiger partial charge on any atom is 0.327 e. The first-order valence-corrected chi connectivity index (χ1v) is 7.87. The van der Waals surface area contributed by atoms with E-state index >= 15 is 0 Å². The largest absolute Gasteiger partial charge is 0.480 e. The number of urea groups is 1. The van der Waals surface area contributed by atoms with Gasteiger partial charge in [-0.1, -0.05) is 11.6 Å². The quantitative estimate of drug-likeness (QED) is 0.775. The molecule has 1 atom stereocenters. The van der Waals surface area contributed by atoms with E-state index in [4.69, 9.17) is 5.11 Å². The zero-order valence-corrected chi connectivity index (χ0v) is 11.7. The molecule has 2 amide bonds. The molecule has 1 fully saturated rings. The van der Waals surface area contributed by atoms with Gasteiger partial charge in [0.15, 0.2) is 0 Å². The van der Waals surface area contributed by atoms with Crippen molar-refractivity contribution in [3.8, 4) is 0 Å². The van der Waals surface area contributed by atoms with Crippen molar-refractivity contribution in [1.29, 1.82) is 0 Å². The van der Waals surface area contributed by atoms with E-state index in [1.807, 2.05) is 0 Å². The molecule has 1 aliphatic heterocycles. The van der Waals surface area contributed by atoms with Gasteiger partial charge in [0.25, 0.3) is 0 Å². The van der Waals surface area contributed by atoms with Crippen LogP contribution in [-0.4, -0.2) is 46.2 Å². The number of amides is 2. The lowest BCUT2D eigenvalue weighted by Gasteiger charge is -2.21. The number of rotatable bonds is 4. The molecule has 6 heteroatoms. The van der Waals surface area contributed by atoms with E-state index < -0.39 is 12.0 Å². The van der Waals surface area contributed by atoms with Crippen LogP contribution in [0.2, 0.25) is 0 Å². The predicted molar refractivity (Wildman–Crippen MR) is 75.2 cm³/mol. The molecule has 106 valence electrons. The Bertz CT molecular complexity index is 384. The van der Waals surface area contributed by atoms with Gasteiger partial charge < -0.3 is 15.3 Å². The Labute approximate surface area is 117 Å². The summed E-state index contributed by atoms with van der Waals surface area (Å²) in [7, 11) is 0. The van der Waals surface area contributed by atoms with Gasteiger partial charge in [0.05, 0.1) is 5.88 Å². The minimum absolute atomic E-state index is 0.256. The molecular formula is C13H20N2O3S. The molecular weight excluding hydrogens is 264 g/mol. The van der Waals surface area contributed by atoms with Gasteiger partial charge in [-0.05, 0) is 32.1 Å². The molecule has 2 rings (SSSR count). The highest BCUT2D eigenvalue weighted by atomic mass is 32.2. The van der Waals surface area contributed by atoms with Gasteiger partial charge in [-0.25, -0.2) is 9.59 Å². The minimum Gasteiger partial charge on any atom is -0.480 e. The minimum atomic E-state index is -0.921. The smallest absolute Gasteiger partial charge is 0.327 e. The fourth-order valence-corrected chi connectivity index (χ4v) is 3.56. The molecule has 5 nitrogen and oxygen atoms in total. The van der Waals surface area contributed by atoms with Crippen LogP contribution in [0.3, 0.4) is 0 Å². The van der Waals surface area contributed by atoms with Gasteiger partial charge in [-0.2, -0.15) is 0 Å².